The summed E-state index contributed by atoms with van der Waals surface area (Å²) < 4.78 is 6.04. The maximum atomic E-state index is 6.04. The van der Waals surface area contributed by atoms with Crippen LogP contribution >= 0.6 is 0 Å². The first kappa shape index (κ1) is 14.7. The second-order valence-electron chi connectivity index (χ2n) is 5.35. The van der Waals surface area contributed by atoms with Crippen LogP contribution in [0.5, 0.6) is 0 Å². The molecule has 0 fully saturated rings. The van der Waals surface area contributed by atoms with Crippen molar-refractivity contribution < 1.29 is 4.43 Å². The van der Waals surface area contributed by atoms with Crippen LogP contribution in [0, 0.1) is 0 Å². The Morgan fingerprint density at radius 2 is 1.73 bits per heavy atom. The standard InChI is InChI=1S/C13H26OSi/c1-7-8-9-10-11-12-14-15(5,6)13(2,3)4/h7-10H,11-12H2,1-6H3/b8-7-,10-9+. The van der Waals surface area contributed by atoms with E-state index in [1.54, 1.807) is 0 Å². The quantitative estimate of drug-likeness (QED) is 0.380. The van der Waals surface area contributed by atoms with E-state index in [2.05, 4.69) is 46.0 Å². The summed E-state index contributed by atoms with van der Waals surface area (Å²) in [4.78, 5) is 0. The van der Waals surface area contributed by atoms with Gasteiger partial charge >= 0.3 is 0 Å². The summed E-state index contributed by atoms with van der Waals surface area (Å²) in [7, 11) is -1.53. The van der Waals surface area contributed by atoms with Crippen molar-refractivity contribution in [1.29, 1.82) is 0 Å². The molecule has 0 radical (unpaired) electrons. The molecule has 0 N–H and O–H groups in total. The molecule has 0 saturated carbocycles. The number of rotatable bonds is 5. The molecule has 0 bridgehead atoms. The Labute approximate surface area is 96.4 Å². The molecule has 0 unspecified atom stereocenters. The maximum Gasteiger partial charge on any atom is 0.191 e. The largest absolute Gasteiger partial charge is 0.417 e. The van der Waals surface area contributed by atoms with Gasteiger partial charge in [0.15, 0.2) is 8.32 Å². The first-order chi connectivity index (χ1) is 6.81. The molecule has 0 spiro atoms. The Morgan fingerprint density at radius 1 is 1.13 bits per heavy atom. The van der Waals surface area contributed by atoms with Gasteiger partial charge in [-0.15, -0.1) is 0 Å². The highest BCUT2D eigenvalue weighted by Crippen LogP contribution is 2.36. The van der Waals surface area contributed by atoms with Crippen LogP contribution in [0.4, 0.5) is 0 Å². The van der Waals surface area contributed by atoms with Gasteiger partial charge < -0.3 is 4.43 Å². The highest BCUT2D eigenvalue weighted by molar-refractivity contribution is 6.74. The van der Waals surface area contributed by atoms with Gasteiger partial charge in [0, 0.05) is 6.61 Å². The number of hydrogen-bond acceptors (Lipinski definition) is 1. The summed E-state index contributed by atoms with van der Waals surface area (Å²) in [5.74, 6) is 0. The Balaban J connectivity index is 3.86. The third-order valence-electron chi connectivity index (χ3n) is 2.99. The van der Waals surface area contributed by atoms with Gasteiger partial charge in [-0.05, 0) is 31.5 Å². The zero-order valence-corrected chi connectivity index (χ0v) is 12.1. The molecule has 1 nitrogen and oxygen atoms in total. The topological polar surface area (TPSA) is 9.23 Å². The van der Waals surface area contributed by atoms with Gasteiger partial charge in [-0.1, -0.05) is 45.1 Å². The van der Waals surface area contributed by atoms with Crippen LogP contribution in [0.2, 0.25) is 18.1 Å². The molecule has 0 aromatic heterocycles. The lowest BCUT2D eigenvalue weighted by atomic mass is 10.2. The minimum Gasteiger partial charge on any atom is -0.417 e. The number of allylic oxidation sites excluding steroid dienone is 3. The molecule has 0 aliphatic carbocycles. The third-order valence-corrected chi connectivity index (χ3v) is 7.53. The van der Waals surface area contributed by atoms with Crippen LogP contribution in [0.25, 0.3) is 0 Å². The molecule has 0 aromatic rings. The minimum absolute atomic E-state index is 0.319. The fourth-order valence-corrected chi connectivity index (χ4v) is 1.95. The van der Waals surface area contributed by atoms with Gasteiger partial charge in [-0.2, -0.15) is 0 Å². The molecule has 0 saturated heterocycles. The van der Waals surface area contributed by atoms with Gasteiger partial charge in [0.1, 0.15) is 0 Å². The molecule has 88 valence electrons. The molecule has 0 amide bonds. The van der Waals surface area contributed by atoms with Crippen LogP contribution in [0.15, 0.2) is 24.3 Å². The van der Waals surface area contributed by atoms with Crippen molar-refractivity contribution in [1.82, 2.24) is 0 Å². The molecule has 0 rings (SSSR count). The van der Waals surface area contributed by atoms with Crippen LogP contribution in [0.1, 0.15) is 34.1 Å². The summed E-state index contributed by atoms with van der Waals surface area (Å²) in [5.41, 5.74) is 0. The lowest BCUT2D eigenvalue weighted by molar-refractivity contribution is 0.294. The summed E-state index contributed by atoms with van der Waals surface area (Å²) in [5, 5.41) is 0.319. The molecule has 0 heterocycles. The Hall–Kier alpha value is -0.343. The summed E-state index contributed by atoms with van der Waals surface area (Å²) in [6, 6.07) is 0. The van der Waals surface area contributed by atoms with Gasteiger partial charge in [-0.3, -0.25) is 0 Å². The number of hydrogen-bond donors (Lipinski definition) is 0. The van der Waals surface area contributed by atoms with E-state index in [0.717, 1.165) is 13.0 Å². The first-order valence-corrected chi connectivity index (χ1v) is 8.64. The SMILES string of the molecule is C/C=C\C=C\CCO[Si](C)(C)C(C)(C)C. The van der Waals surface area contributed by atoms with Crippen LogP contribution in [-0.4, -0.2) is 14.9 Å². The zero-order chi connectivity index (χ0) is 11.9. The van der Waals surface area contributed by atoms with Crippen LogP contribution < -0.4 is 0 Å². The lowest BCUT2D eigenvalue weighted by Gasteiger charge is -2.36. The second kappa shape index (κ2) is 6.29. The molecule has 0 atom stereocenters. The predicted octanol–water partition coefficient (Wildman–Crippen LogP) is 4.53. The van der Waals surface area contributed by atoms with Crippen molar-refractivity contribution in [3.05, 3.63) is 24.3 Å². The lowest BCUT2D eigenvalue weighted by Crippen LogP contribution is -2.40. The van der Waals surface area contributed by atoms with Crippen molar-refractivity contribution in [3.63, 3.8) is 0 Å². The van der Waals surface area contributed by atoms with Gasteiger partial charge in [-0.25, -0.2) is 0 Å². The minimum atomic E-state index is -1.53. The van der Waals surface area contributed by atoms with Crippen molar-refractivity contribution in [2.45, 2.75) is 52.2 Å². The van der Waals surface area contributed by atoms with Crippen LogP contribution in [-0.2, 0) is 4.43 Å². The van der Waals surface area contributed by atoms with Crippen molar-refractivity contribution in [2.24, 2.45) is 0 Å². The van der Waals surface area contributed by atoms with E-state index in [-0.39, 0.29) is 0 Å². The molecule has 0 aliphatic heterocycles. The molecular formula is C13H26OSi. The zero-order valence-electron chi connectivity index (χ0n) is 11.1. The van der Waals surface area contributed by atoms with E-state index in [4.69, 9.17) is 4.43 Å². The highest BCUT2D eigenvalue weighted by Gasteiger charge is 2.36. The predicted molar refractivity (Wildman–Crippen MR) is 71.7 cm³/mol. The average molecular weight is 226 g/mol. The van der Waals surface area contributed by atoms with Gasteiger partial charge in [0.2, 0.25) is 0 Å². The monoisotopic (exact) mass is 226 g/mol. The smallest absolute Gasteiger partial charge is 0.191 e. The van der Waals surface area contributed by atoms with E-state index in [1.165, 1.54) is 0 Å². The van der Waals surface area contributed by atoms with Crippen molar-refractivity contribution in [3.8, 4) is 0 Å². The van der Waals surface area contributed by atoms with E-state index in [9.17, 15) is 0 Å². The summed E-state index contributed by atoms with van der Waals surface area (Å²) >= 11 is 0. The van der Waals surface area contributed by atoms with E-state index in [1.807, 2.05) is 19.1 Å². The molecule has 15 heavy (non-hydrogen) atoms. The van der Waals surface area contributed by atoms with E-state index < -0.39 is 8.32 Å². The average Bonchev–Trinajstić information content (AvgIpc) is 2.09. The summed E-state index contributed by atoms with van der Waals surface area (Å²) in [6.45, 7) is 14.3. The molecule has 0 aromatic carbocycles. The van der Waals surface area contributed by atoms with E-state index >= 15 is 0 Å². The Bertz CT molecular complexity index is 221. The third kappa shape index (κ3) is 5.95. The molecule has 0 aliphatic rings. The fraction of sp³-hybridized carbons (Fsp3) is 0.692. The van der Waals surface area contributed by atoms with E-state index in [0.29, 0.717) is 5.04 Å². The van der Waals surface area contributed by atoms with Crippen LogP contribution in [0.3, 0.4) is 0 Å². The maximum absolute atomic E-state index is 6.04. The molecular weight excluding hydrogens is 200 g/mol. The normalized spacial score (nSPS) is 14.3. The summed E-state index contributed by atoms with van der Waals surface area (Å²) in [6.07, 6.45) is 9.33. The molecule has 2 heteroatoms. The fourth-order valence-electron chi connectivity index (χ4n) is 0.885. The Kier molecular flexibility index (Phi) is 6.14. The van der Waals surface area contributed by atoms with Crippen molar-refractivity contribution in [2.75, 3.05) is 6.61 Å². The second-order valence-corrected chi connectivity index (χ2v) is 10.2. The first-order valence-electron chi connectivity index (χ1n) is 5.73. The van der Waals surface area contributed by atoms with Gasteiger partial charge in [0.05, 0.1) is 0 Å². The van der Waals surface area contributed by atoms with Gasteiger partial charge in [0.25, 0.3) is 0 Å². The highest BCUT2D eigenvalue weighted by atomic mass is 28.4. The Morgan fingerprint density at radius 3 is 2.20 bits per heavy atom. The van der Waals surface area contributed by atoms with Crippen molar-refractivity contribution >= 4 is 8.32 Å².